The zero-order valence-electron chi connectivity index (χ0n) is 17.5. The molecule has 1 amide bonds. The highest BCUT2D eigenvalue weighted by Gasteiger charge is 2.28. The topological polar surface area (TPSA) is 97.3 Å². The van der Waals surface area contributed by atoms with Gasteiger partial charge in [-0.3, -0.25) is 9.10 Å². The van der Waals surface area contributed by atoms with E-state index in [1.807, 2.05) is 13.8 Å². The van der Waals surface area contributed by atoms with Gasteiger partial charge in [0.2, 0.25) is 10.0 Å². The number of sulfonamides is 1. The highest BCUT2D eigenvalue weighted by molar-refractivity contribution is 7.92. The molecule has 1 atom stereocenters. The van der Waals surface area contributed by atoms with Gasteiger partial charge in [-0.05, 0) is 56.7 Å². The van der Waals surface area contributed by atoms with Gasteiger partial charge in [0.25, 0.3) is 5.91 Å². The summed E-state index contributed by atoms with van der Waals surface area (Å²) < 4.78 is 36.6. The van der Waals surface area contributed by atoms with Gasteiger partial charge in [0.05, 0.1) is 31.4 Å². The molecule has 0 aliphatic heterocycles. The van der Waals surface area contributed by atoms with E-state index in [4.69, 9.17) is 9.47 Å². The van der Waals surface area contributed by atoms with E-state index in [-0.39, 0.29) is 0 Å². The maximum atomic E-state index is 12.5. The molecule has 0 spiro atoms. The number of benzene rings is 2. The maximum Gasteiger partial charge on any atom is 0.263 e. The third-order valence-electron chi connectivity index (χ3n) is 4.05. The molecule has 2 aromatic rings. The molecule has 0 aromatic heterocycles. The van der Waals surface area contributed by atoms with E-state index in [0.29, 0.717) is 36.0 Å². The lowest BCUT2D eigenvalue weighted by atomic mass is 10.2. The fraction of sp³-hybridized carbons (Fsp3) is 0.333. The van der Waals surface area contributed by atoms with Gasteiger partial charge in [0.15, 0.2) is 11.5 Å². The summed E-state index contributed by atoms with van der Waals surface area (Å²) in [5.41, 5.74) is 3.49. The summed E-state index contributed by atoms with van der Waals surface area (Å²) in [6.45, 7) is 6.26. The van der Waals surface area contributed by atoms with Crippen LogP contribution in [0, 0.1) is 0 Å². The second-order valence-corrected chi connectivity index (χ2v) is 8.24. The normalized spacial score (nSPS) is 12.4. The number of carbonyl (C=O) groups excluding carboxylic acids is 1. The SMILES string of the molecule is CCOc1ccc(/C=N\NC(=O)[C@@H](C)N(c2ccccc2)S(C)(=O)=O)cc1OCC. The van der Waals surface area contributed by atoms with Gasteiger partial charge < -0.3 is 9.47 Å². The van der Waals surface area contributed by atoms with E-state index in [0.717, 1.165) is 10.6 Å². The van der Waals surface area contributed by atoms with Crippen LogP contribution in [0.2, 0.25) is 0 Å². The third kappa shape index (κ3) is 6.21. The Bertz CT molecular complexity index is 977. The second kappa shape index (κ2) is 10.6. The minimum atomic E-state index is -3.67. The average molecular weight is 434 g/mol. The maximum absolute atomic E-state index is 12.5. The molecule has 2 aromatic carbocycles. The first-order chi connectivity index (χ1) is 14.3. The van der Waals surface area contributed by atoms with Crippen molar-refractivity contribution < 1.29 is 22.7 Å². The van der Waals surface area contributed by atoms with Gasteiger partial charge >= 0.3 is 0 Å². The Kier molecular flexibility index (Phi) is 8.23. The van der Waals surface area contributed by atoms with Gasteiger partial charge in [-0.1, -0.05) is 18.2 Å². The molecule has 30 heavy (non-hydrogen) atoms. The van der Waals surface area contributed by atoms with Crippen LogP contribution in [-0.4, -0.2) is 46.1 Å². The number of anilines is 1. The van der Waals surface area contributed by atoms with E-state index < -0.39 is 22.0 Å². The summed E-state index contributed by atoms with van der Waals surface area (Å²) >= 11 is 0. The lowest BCUT2D eigenvalue weighted by Gasteiger charge is -2.27. The van der Waals surface area contributed by atoms with Gasteiger partial charge in [-0.25, -0.2) is 13.8 Å². The van der Waals surface area contributed by atoms with E-state index >= 15 is 0 Å². The van der Waals surface area contributed by atoms with Crippen LogP contribution in [0.25, 0.3) is 0 Å². The minimum Gasteiger partial charge on any atom is -0.490 e. The van der Waals surface area contributed by atoms with Crippen molar-refractivity contribution in [2.45, 2.75) is 26.8 Å². The summed E-state index contributed by atoms with van der Waals surface area (Å²) in [6, 6.07) is 12.7. The van der Waals surface area contributed by atoms with Gasteiger partial charge in [0.1, 0.15) is 6.04 Å². The molecule has 0 saturated carbocycles. The number of ether oxygens (including phenoxy) is 2. The largest absolute Gasteiger partial charge is 0.490 e. The summed E-state index contributed by atoms with van der Waals surface area (Å²) in [4.78, 5) is 12.5. The van der Waals surface area contributed by atoms with Crippen LogP contribution >= 0.6 is 0 Å². The first-order valence-electron chi connectivity index (χ1n) is 9.55. The number of hydrazone groups is 1. The summed E-state index contributed by atoms with van der Waals surface area (Å²) in [7, 11) is -3.67. The lowest BCUT2D eigenvalue weighted by Crippen LogP contribution is -2.46. The van der Waals surface area contributed by atoms with E-state index in [2.05, 4.69) is 10.5 Å². The summed E-state index contributed by atoms with van der Waals surface area (Å²) in [6.07, 6.45) is 2.51. The Morgan fingerprint density at radius 3 is 2.33 bits per heavy atom. The Labute approximate surface area is 177 Å². The molecule has 0 fully saturated rings. The van der Waals surface area contributed by atoms with Gasteiger partial charge in [0, 0.05) is 0 Å². The first-order valence-corrected chi connectivity index (χ1v) is 11.4. The second-order valence-electron chi connectivity index (χ2n) is 6.38. The Morgan fingerprint density at radius 2 is 1.73 bits per heavy atom. The number of hydrogen-bond donors (Lipinski definition) is 1. The zero-order valence-corrected chi connectivity index (χ0v) is 18.3. The van der Waals surface area contributed by atoms with Crippen molar-refractivity contribution in [1.82, 2.24) is 5.43 Å². The monoisotopic (exact) mass is 433 g/mol. The molecule has 0 radical (unpaired) electrons. The fourth-order valence-electron chi connectivity index (χ4n) is 2.80. The molecule has 1 N–H and O–H groups in total. The number of rotatable bonds is 10. The van der Waals surface area contributed by atoms with Crippen LogP contribution in [0.3, 0.4) is 0 Å². The highest BCUT2D eigenvalue weighted by atomic mass is 32.2. The van der Waals surface area contributed by atoms with Crippen LogP contribution in [0.1, 0.15) is 26.3 Å². The molecular weight excluding hydrogens is 406 g/mol. The standard InChI is InChI=1S/C21H27N3O5S/c1-5-28-19-13-12-17(14-20(19)29-6-2)15-22-23-21(25)16(3)24(30(4,26)27)18-10-8-7-9-11-18/h7-16H,5-6H2,1-4H3,(H,23,25)/b22-15-/t16-/m1/s1. The molecule has 0 bridgehead atoms. The molecule has 162 valence electrons. The average Bonchev–Trinajstić information content (AvgIpc) is 2.70. The Balaban J connectivity index is 2.13. The van der Waals surface area contributed by atoms with Crippen molar-refractivity contribution in [1.29, 1.82) is 0 Å². The van der Waals surface area contributed by atoms with Crippen molar-refractivity contribution in [2.24, 2.45) is 5.10 Å². The Hall–Kier alpha value is -3.07. The molecule has 0 aliphatic carbocycles. The van der Waals surface area contributed by atoms with Crippen molar-refractivity contribution >= 4 is 27.8 Å². The van der Waals surface area contributed by atoms with Gasteiger partial charge in [-0.2, -0.15) is 5.10 Å². The van der Waals surface area contributed by atoms with Crippen LogP contribution in [0.5, 0.6) is 11.5 Å². The molecular formula is C21H27N3O5S. The zero-order chi connectivity index (χ0) is 22.1. The van der Waals surface area contributed by atoms with Crippen molar-refractivity contribution in [3.05, 3.63) is 54.1 Å². The van der Waals surface area contributed by atoms with Crippen LogP contribution in [0.4, 0.5) is 5.69 Å². The third-order valence-corrected chi connectivity index (χ3v) is 5.30. The Morgan fingerprint density at radius 1 is 1.10 bits per heavy atom. The van der Waals surface area contributed by atoms with Crippen molar-refractivity contribution in [2.75, 3.05) is 23.8 Å². The molecule has 0 heterocycles. The molecule has 8 nitrogen and oxygen atoms in total. The lowest BCUT2D eigenvalue weighted by molar-refractivity contribution is -0.121. The van der Waals surface area contributed by atoms with E-state index in [1.54, 1.807) is 48.5 Å². The number of nitrogens with zero attached hydrogens (tertiary/aromatic N) is 2. The summed E-state index contributed by atoms with van der Waals surface area (Å²) in [5.74, 6) is 0.646. The summed E-state index contributed by atoms with van der Waals surface area (Å²) in [5, 5.41) is 3.96. The molecule has 0 saturated heterocycles. The fourth-order valence-corrected chi connectivity index (χ4v) is 3.97. The van der Waals surface area contributed by atoms with Crippen LogP contribution < -0.4 is 19.2 Å². The van der Waals surface area contributed by atoms with Gasteiger partial charge in [-0.15, -0.1) is 0 Å². The number of carbonyl (C=O) groups is 1. The number of amides is 1. The number of para-hydroxylation sites is 1. The molecule has 0 unspecified atom stereocenters. The smallest absolute Gasteiger partial charge is 0.263 e. The van der Waals surface area contributed by atoms with E-state index in [1.165, 1.54) is 13.1 Å². The highest BCUT2D eigenvalue weighted by Crippen LogP contribution is 2.28. The molecule has 2 rings (SSSR count). The number of hydrogen-bond acceptors (Lipinski definition) is 6. The predicted octanol–water partition coefficient (Wildman–Crippen LogP) is 2.79. The minimum absolute atomic E-state index is 0.402. The molecule has 9 heteroatoms. The van der Waals surface area contributed by atoms with Crippen molar-refractivity contribution in [3.8, 4) is 11.5 Å². The predicted molar refractivity (Wildman–Crippen MR) is 118 cm³/mol. The van der Waals surface area contributed by atoms with E-state index in [9.17, 15) is 13.2 Å². The van der Waals surface area contributed by atoms with Crippen LogP contribution in [0.15, 0.2) is 53.6 Å². The first kappa shape index (κ1) is 23.2. The van der Waals surface area contributed by atoms with Crippen LogP contribution in [-0.2, 0) is 14.8 Å². The number of nitrogens with one attached hydrogen (secondary N) is 1. The quantitative estimate of drug-likeness (QED) is 0.459. The van der Waals surface area contributed by atoms with Crippen molar-refractivity contribution in [3.63, 3.8) is 0 Å². The molecule has 0 aliphatic rings.